The van der Waals surface area contributed by atoms with Gasteiger partial charge in [-0.2, -0.15) is 0 Å². The van der Waals surface area contributed by atoms with E-state index in [0.717, 1.165) is 16.7 Å². The molecule has 4 rings (SSSR count). The maximum atomic E-state index is 13.4. The zero-order valence-corrected chi connectivity index (χ0v) is 17.9. The molecule has 0 saturated carbocycles. The second-order valence-corrected chi connectivity index (χ2v) is 7.99. The number of nitrogens with zero attached hydrogens (tertiary/aromatic N) is 5. The SMILES string of the molecule is Cn1c(=O)c2c(ncn2CCCC(=O)Nc2nc(-c3ccc(F)c(F)c3)cs2)n(C)c1=O. The van der Waals surface area contributed by atoms with E-state index in [1.54, 1.807) is 9.95 Å². The molecule has 0 unspecified atom stereocenters. The van der Waals surface area contributed by atoms with Crippen LogP contribution in [0.2, 0.25) is 0 Å². The Balaban J connectivity index is 1.39. The van der Waals surface area contributed by atoms with Crippen molar-refractivity contribution >= 4 is 33.5 Å². The first-order valence-electron chi connectivity index (χ1n) is 9.58. The number of halogens is 2. The van der Waals surface area contributed by atoms with Gasteiger partial charge in [-0.1, -0.05) is 0 Å². The van der Waals surface area contributed by atoms with Gasteiger partial charge in [0, 0.05) is 38.0 Å². The Morgan fingerprint density at radius 1 is 1.16 bits per heavy atom. The molecule has 9 nitrogen and oxygen atoms in total. The number of aryl methyl sites for hydroxylation is 2. The lowest BCUT2D eigenvalue weighted by Crippen LogP contribution is -2.37. The number of amides is 1. The number of carbonyl (C=O) groups is 1. The van der Waals surface area contributed by atoms with Crippen molar-refractivity contribution in [3.63, 3.8) is 0 Å². The minimum atomic E-state index is -0.969. The lowest BCUT2D eigenvalue weighted by Gasteiger charge is -2.06. The first kappa shape index (κ1) is 21.6. The van der Waals surface area contributed by atoms with Crippen molar-refractivity contribution in [2.45, 2.75) is 19.4 Å². The number of hydrogen-bond acceptors (Lipinski definition) is 6. The number of benzene rings is 1. The highest BCUT2D eigenvalue weighted by molar-refractivity contribution is 7.14. The first-order chi connectivity index (χ1) is 15.3. The number of aromatic nitrogens is 5. The maximum absolute atomic E-state index is 13.4. The Morgan fingerprint density at radius 2 is 1.94 bits per heavy atom. The topological polar surface area (TPSA) is 104 Å². The highest BCUT2D eigenvalue weighted by atomic mass is 32.1. The molecular formula is C20H18F2N6O3S. The summed E-state index contributed by atoms with van der Waals surface area (Å²) in [5.41, 5.74) is 0.510. The highest BCUT2D eigenvalue weighted by Gasteiger charge is 2.15. The molecule has 0 aliphatic carbocycles. The van der Waals surface area contributed by atoms with Gasteiger partial charge in [-0.05, 0) is 24.6 Å². The van der Waals surface area contributed by atoms with E-state index in [4.69, 9.17) is 0 Å². The number of nitrogens with one attached hydrogen (secondary N) is 1. The fourth-order valence-electron chi connectivity index (χ4n) is 3.28. The van der Waals surface area contributed by atoms with Gasteiger partial charge in [-0.3, -0.25) is 18.7 Å². The summed E-state index contributed by atoms with van der Waals surface area (Å²) in [7, 11) is 2.94. The molecule has 0 bridgehead atoms. The average molecular weight is 460 g/mol. The standard InChI is InChI=1S/C20H18F2N6O3S/c1-26-17-16(18(30)27(2)20(26)31)28(10-23-17)7-3-4-15(29)25-19-24-14(9-32-19)11-5-6-12(21)13(22)8-11/h5-6,8-10H,3-4,7H2,1-2H3,(H,24,25,29). The molecule has 3 aromatic heterocycles. The van der Waals surface area contributed by atoms with Gasteiger partial charge < -0.3 is 9.88 Å². The second-order valence-electron chi connectivity index (χ2n) is 7.13. The molecule has 0 spiro atoms. The Morgan fingerprint density at radius 3 is 2.69 bits per heavy atom. The third-order valence-electron chi connectivity index (χ3n) is 4.99. The summed E-state index contributed by atoms with van der Waals surface area (Å²) in [6.07, 6.45) is 2.05. The van der Waals surface area contributed by atoms with Crippen LogP contribution in [0.1, 0.15) is 12.8 Å². The van der Waals surface area contributed by atoms with Crippen LogP contribution in [0, 0.1) is 11.6 Å². The molecule has 12 heteroatoms. The number of thiazole rings is 1. The Bertz CT molecular complexity index is 1450. The van der Waals surface area contributed by atoms with Crippen molar-refractivity contribution < 1.29 is 13.6 Å². The van der Waals surface area contributed by atoms with Crippen LogP contribution >= 0.6 is 11.3 Å². The molecule has 1 aromatic carbocycles. The predicted molar refractivity (Wildman–Crippen MR) is 116 cm³/mol. The van der Waals surface area contributed by atoms with Gasteiger partial charge in [0.1, 0.15) is 0 Å². The van der Waals surface area contributed by atoms with Crippen molar-refractivity contribution in [3.05, 3.63) is 62.4 Å². The van der Waals surface area contributed by atoms with Crippen molar-refractivity contribution in [3.8, 4) is 11.3 Å². The van der Waals surface area contributed by atoms with Crippen LogP contribution in [-0.2, 0) is 25.4 Å². The summed E-state index contributed by atoms with van der Waals surface area (Å²) in [5, 5.41) is 4.66. The summed E-state index contributed by atoms with van der Waals surface area (Å²) in [6.45, 7) is 0.356. The molecule has 0 fully saturated rings. The zero-order valence-electron chi connectivity index (χ0n) is 17.1. The van der Waals surface area contributed by atoms with Crippen molar-refractivity contribution in [2.24, 2.45) is 14.1 Å². The van der Waals surface area contributed by atoms with E-state index in [0.29, 0.717) is 34.9 Å². The van der Waals surface area contributed by atoms with E-state index in [9.17, 15) is 23.2 Å². The zero-order chi connectivity index (χ0) is 23.0. The summed E-state index contributed by atoms with van der Waals surface area (Å²) in [4.78, 5) is 45.1. The van der Waals surface area contributed by atoms with Crippen LogP contribution in [0.15, 0.2) is 39.5 Å². The van der Waals surface area contributed by atoms with E-state index in [1.807, 2.05) is 0 Å². The van der Waals surface area contributed by atoms with Crippen LogP contribution in [0.5, 0.6) is 0 Å². The van der Waals surface area contributed by atoms with Gasteiger partial charge in [0.15, 0.2) is 27.9 Å². The molecule has 4 aromatic rings. The third kappa shape index (κ3) is 3.96. The fraction of sp³-hybridized carbons (Fsp3) is 0.250. The lowest BCUT2D eigenvalue weighted by atomic mass is 10.2. The van der Waals surface area contributed by atoms with Crippen molar-refractivity contribution in [2.75, 3.05) is 5.32 Å². The van der Waals surface area contributed by atoms with Crippen LogP contribution in [0.25, 0.3) is 22.4 Å². The normalized spacial score (nSPS) is 11.2. The predicted octanol–water partition coefficient (Wildman–Crippen LogP) is 2.25. The Labute approximate surface area is 183 Å². The van der Waals surface area contributed by atoms with E-state index in [2.05, 4.69) is 15.3 Å². The van der Waals surface area contributed by atoms with Gasteiger partial charge >= 0.3 is 5.69 Å². The largest absolute Gasteiger partial charge is 0.332 e. The summed E-state index contributed by atoms with van der Waals surface area (Å²) < 4.78 is 30.4. The summed E-state index contributed by atoms with van der Waals surface area (Å²) in [6, 6.07) is 3.48. The highest BCUT2D eigenvalue weighted by Crippen LogP contribution is 2.26. The molecule has 1 amide bonds. The van der Waals surface area contributed by atoms with Crippen LogP contribution in [0.4, 0.5) is 13.9 Å². The number of carbonyl (C=O) groups excluding carboxylic acids is 1. The molecule has 3 heterocycles. The lowest BCUT2D eigenvalue weighted by molar-refractivity contribution is -0.116. The van der Waals surface area contributed by atoms with E-state index >= 15 is 0 Å². The minimum Gasteiger partial charge on any atom is -0.325 e. The van der Waals surface area contributed by atoms with Crippen LogP contribution in [-0.4, -0.2) is 29.6 Å². The number of rotatable bonds is 6. The molecule has 0 aliphatic rings. The Hall–Kier alpha value is -3.67. The average Bonchev–Trinajstić information content (AvgIpc) is 3.40. The van der Waals surface area contributed by atoms with Gasteiger partial charge in [-0.15, -0.1) is 11.3 Å². The molecule has 32 heavy (non-hydrogen) atoms. The Kier molecular flexibility index (Phi) is 5.70. The smallest absolute Gasteiger partial charge is 0.325 e. The van der Waals surface area contributed by atoms with E-state index < -0.39 is 22.9 Å². The summed E-state index contributed by atoms with van der Waals surface area (Å²) >= 11 is 1.17. The number of imidazole rings is 1. The van der Waals surface area contributed by atoms with E-state index in [1.165, 1.54) is 42.4 Å². The molecule has 166 valence electrons. The number of fused-ring (bicyclic) bond motifs is 1. The molecule has 0 radical (unpaired) electrons. The fourth-order valence-corrected chi connectivity index (χ4v) is 4.01. The second kappa shape index (κ2) is 8.46. The third-order valence-corrected chi connectivity index (χ3v) is 5.74. The van der Waals surface area contributed by atoms with Gasteiger partial charge in [0.25, 0.3) is 5.56 Å². The quantitative estimate of drug-likeness (QED) is 0.475. The van der Waals surface area contributed by atoms with E-state index in [-0.39, 0.29) is 18.0 Å². The van der Waals surface area contributed by atoms with Crippen molar-refractivity contribution in [1.82, 2.24) is 23.7 Å². The number of hydrogen-bond donors (Lipinski definition) is 1. The first-order valence-corrected chi connectivity index (χ1v) is 10.5. The molecule has 0 saturated heterocycles. The van der Waals surface area contributed by atoms with Crippen LogP contribution < -0.4 is 16.6 Å². The molecule has 0 aliphatic heterocycles. The van der Waals surface area contributed by atoms with Gasteiger partial charge in [0.05, 0.1) is 12.0 Å². The molecular weight excluding hydrogens is 442 g/mol. The minimum absolute atomic E-state index is 0.159. The number of anilines is 1. The molecule has 0 atom stereocenters. The van der Waals surface area contributed by atoms with Crippen LogP contribution in [0.3, 0.4) is 0 Å². The van der Waals surface area contributed by atoms with Gasteiger partial charge in [0.2, 0.25) is 5.91 Å². The van der Waals surface area contributed by atoms with Gasteiger partial charge in [-0.25, -0.2) is 23.5 Å². The van der Waals surface area contributed by atoms with Crippen molar-refractivity contribution in [1.29, 1.82) is 0 Å². The monoisotopic (exact) mass is 460 g/mol. The molecule has 1 N–H and O–H groups in total. The maximum Gasteiger partial charge on any atom is 0.332 e. The summed E-state index contributed by atoms with van der Waals surface area (Å²) in [5.74, 6) is -2.19.